The van der Waals surface area contributed by atoms with Crippen molar-refractivity contribution < 1.29 is 12.8 Å². The van der Waals surface area contributed by atoms with Crippen molar-refractivity contribution in [1.29, 1.82) is 0 Å². The van der Waals surface area contributed by atoms with Crippen molar-refractivity contribution in [1.82, 2.24) is 0 Å². The molecular formula is C13H11BrClFN2O2S. The summed E-state index contributed by atoms with van der Waals surface area (Å²) in [5, 5.41) is 0.393. The van der Waals surface area contributed by atoms with E-state index in [1.54, 1.807) is 13.0 Å². The van der Waals surface area contributed by atoms with Crippen LogP contribution in [-0.4, -0.2) is 8.42 Å². The molecule has 8 heteroatoms. The molecule has 0 amide bonds. The number of hydrogen-bond donors (Lipinski definition) is 2. The molecule has 0 saturated carbocycles. The van der Waals surface area contributed by atoms with Crippen molar-refractivity contribution in [3.63, 3.8) is 0 Å². The number of nitrogen functional groups attached to an aromatic ring is 1. The quantitative estimate of drug-likeness (QED) is 0.776. The first-order valence-electron chi connectivity index (χ1n) is 5.74. The molecule has 2 rings (SSSR count). The molecule has 0 aliphatic heterocycles. The molecule has 0 atom stereocenters. The van der Waals surface area contributed by atoms with Crippen LogP contribution in [-0.2, 0) is 10.0 Å². The Labute approximate surface area is 135 Å². The number of nitrogens with one attached hydrogen (secondary N) is 1. The second kappa shape index (κ2) is 5.82. The average Bonchev–Trinajstić information content (AvgIpc) is 2.38. The number of benzene rings is 2. The van der Waals surface area contributed by atoms with Crippen LogP contribution in [0.15, 0.2) is 39.7 Å². The minimum atomic E-state index is -4.11. The Morgan fingerprint density at radius 3 is 2.62 bits per heavy atom. The van der Waals surface area contributed by atoms with Gasteiger partial charge in [0.25, 0.3) is 10.0 Å². The zero-order chi connectivity index (χ0) is 15.8. The number of sulfonamides is 1. The summed E-state index contributed by atoms with van der Waals surface area (Å²) in [6, 6.07) is 6.45. The third kappa shape index (κ3) is 3.48. The molecular weight excluding hydrogens is 383 g/mol. The van der Waals surface area contributed by atoms with Crippen molar-refractivity contribution in [3.8, 4) is 0 Å². The summed E-state index contributed by atoms with van der Waals surface area (Å²) >= 11 is 9.20. The van der Waals surface area contributed by atoms with Crippen LogP contribution in [0.5, 0.6) is 0 Å². The summed E-state index contributed by atoms with van der Waals surface area (Å²) in [7, 11) is -4.11. The van der Waals surface area contributed by atoms with Crippen molar-refractivity contribution >= 4 is 48.9 Å². The van der Waals surface area contributed by atoms with Crippen LogP contribution >= 0.6 is 27.5 Å². The highest BCUT2D eigenvalue weighted by molar-refractivity contribution is 9.10. The summed E-state index contributed by atoms with van der Waals surface area (Å²) in [6.07, 6.45) is 0. The first-order valence-corrected chi connectivity index (χ1v) is 8.39. The lowest BCUT2D eigenvalue weighted by molar-refractivity contribution is 0.570. The maximum Gasteiger partial charge on any atom is 0.264 e. The van der Waals surface area contributed by atoms with Gasteiger partial charge in [0.1, 0.15) is 10.7 Å². The van der Waals surface area contributed by atoms with Crippen LogP contribution in [0.2, 0.25) is 5.02 Å². The molecule has 0 aliphatic carbocycles. The van der Waals surface area contributed by atoms with E-state index < -0.39 is 20.7 Å². The van der Waals surface area contributed by atoms with Gasteiger partial charge in [0, 0.05) is 15.2 Å². The number of hydrogen-bond acceptors (Lipinski definition) is 3. The van der Waals surface area contributed by atoms with E-state index in [1.165, 1.54) is 12.1 Å². The summed E-state index contributed by atoms with van der Waals surface area (Å²) in [4.78, 5) is -0.522. The standard InChI is InChI=1S/C13H11BrClFN2O2S/c1-7-4-9(14)12(6-10(7)15)18-21(19,20)13-5-8(17)2-3-11(13)16/h2-6,18H,17H2,1H3. The van der Waals surface area contributed by atoms with Crippen LogP contribution < -0.4 is 10.5 Å². The molecule has 0 heterocycles. The highest BCUT2D eigenvalue weighted by Gasteiger charge is 2.21. The molecule has 0 bridgehead atoms. The molecule has 0 aromatic heterocycles. The minimum Gasteiger partial charge on any atom is -0.399 e. The Morgan fingerprint density at radius 1 is 1.29 bits per heavy atom. The lowest BCUT2D eigenvalue weighted by Crippen LogP contribution is -2.15. The van der Waals surface area contributed by atoms with Gasteiger partial charge < -0.3 is 5.73 Å². The van der Waals surface area contributed by atoms with Crippen LogP contribution in [0.3, 0.4) is 0 Å². The Morgan fingerprint density at radius 2 is 1.95 bits per heavy atom. The fourth-order valence-electron chi connectivity index (χ4n) is 1.65. The molecule has 3 N–H and O–H groups in total. The van der Waals surface area contributed by atoms with Crippen LogP contribution in [0.4, 0.5) is 15.8 Å². The summed E-state index contributed by atoms with van der Waals surface area (Å²) in [5.74, 6) is -0.883. The topological polar surface area (TPSA) is 72.2 Å². The van der Waals surface area contributed by atoms with Crippen LogP contribution in [0, 0.1) is 12.7 Å². The number of aryl methyl sites for hydroxylation is 1. The van der Waals surface area contributed by atoms with Crippen molar-refractivity contribution in [2.45, 2.75) is 11.8 Å². The maximum atomic E-state index is 13.7. The lowest BCUT2D eigenvalue weighted by Gasteiger charge is -2.12. The normalized spacial score (nSPS) is 11.4. The largest absolute Gasteiger partial charge is 0.399 e. The van der Waals surface area contributed by atoms with Gasteiger partial charge in [-0.2, -0.15) is 0 Å². The van der Waals surface area contributed by atoms with Gasteiger partial charge in [-0.05, 0) is 58.7 Å². The highest BCUT2D eigenvalue weighted by atomic mass is 79.9. The van der Waals surface area contributed by atoms with Gasteiger partial charge >= 0.3 is 0 Å². The Hall–Kier alpha value is -1.31. The molecule has 0 unspecified atom stereocenters. The smallest absolute Gasteiger partial charge is 0.264 e. The van der Waals surface area contributed by atoms with Crippen LogP contribution in [0.1, 0.15) is 5.56 Å². The van der Waals surface area contributed by atoms with E-state index in [4.69, 9.17) is 17.3 Å². The van der Waals surface area contributed by atoms with Gasteiger partial charge in [0.15, 0.2) is 0 Å². The van der Waals surface area contributed by atoms with E-state index in [0.717, 1.165) is 17.7 Å². The SMILES string of the molecule is Cc1cc(Br)c(NS(=O)(=O)c2cc(N)ccc2F)cc1Cl. The van der Waals surface area contributed by atoms with E-state index in [1.807, 2.05) is 0 Å². The summed E-state index contributed by atoms with van der Waals surface area (Å²) in [5.41, 5.74) is 6.65. The second-order valence-corrected chi connectivity index (χ2v) is 7.29. The van der Waals surface area contributed by atoms with E-state index in [2.05, 4.69) is 20.7 Å². The van der Waals surface area contributed by atoms with Crippen molar-refractivity contribution in [2.24, 2.45) is 0 Å². The average molecular weight is 394 g/mol. The fraction of sp³-hybridized carbons (Fsp3) is 0.0769. The van der Waals surface area contributed by atoms with Gasteiger partial charge in [-0.15, -0.1) is 0 Å². The highest BCUT2D eigenvalue weighted by Crippen LogP contribution is 2.31. The van der Waals surface area contributed by atoms with E-state index in [0.29, 0.717) is 9.50 Å². The first kappa shape index (κ1) is 16.1. The second-order valence-electron chi connectivity index (χ2n) is 4.38. The Bertz CT molecular complexity index is 812. The molecule has 4 nitrogen and oxygen atoms in total. The predicted octanol–water partition coefficient (Wildman–Crippen LogP) is 3.93. The van der Waals surface area contributed by atoms with Crippen molar-refractivity contribution in [3.05, 3.63) is 51.2 Å². The monoisotopic (exact) mass is 392 g/mol. The zero-order valence-electron chi connectivity index (χ0n) is 10.8. The third-order valence-corrected chi connectivity index (χ3v) is 5.18. The zero-order valence-corrected chi connectivity index (χ0v) is 14.0. The molecule has 0 spiro atoms. The Kier molecular flexibility index (Phi) is 4.46. The lowest BCUT2D eigenvalue weighted by atomic mass is 10.2. The van der Waals surface area contributed by atoms with Crippen molar-refractivity contribution in [2.75, 3.05) is 10.5 Å². The minimum absolute atomic E-state index is 0.151. The van der Waals surface area contributed by atoms with Gasteiger partial charge in [0.05, 0.1) is 5.69 Å². The predicted molar refractivity (Wildman–Crippen MR) is 85.5 cm³/mol. The third-order valence-electron chi connectivity index (χ3n) is 2.74. The van der Waals surface area contributed by atoms with Gasteiger partial charge in [-0.1, -0.05) is 11.6 Å². The van der Waals surface area contributed by atoms with E-state index in [9.17, 15) is 12.8 Å². The number of nitrogens with two attached hydrogens (primary N) is 1. The number of rotatable bonds is 3. The molecule has 112 valence electrons. The molecule has 0 radical (unpaired) electrons. The van der Waals surface area contributed by atoms with E-state index >= 15 is 0 Å². The molecule has 0 aliphatic rings. The molecule has 2 aromatic rings. The summed E-state index contributed by atoms with van der Waals surface area (Å²) < 4.78 is 41.0. The van der Waals surface area contributed by atoms with Gasteiger partial charge in [-0.3, -0.25) is 4.72 Å². The number of anilines is 2. The van der Waals surface area contributed by atoms with Gasteiger partial charge in [-0.25, -0.2) is 12.8 Å². The van der Waals surface area contributed by atoms with E-state index in [-0.39, 0.29) is 11.4 Å². The molecule has 21 heavy (non-hydrogen) atoms. The van der Waals surface area contributed by atoms with Gasteiger partial charge in [0.2, 0.25) is 0 Å². The first-order chi connectivity index (χ1) is 9.70. The molecule has 0 fully saturated rings. The summed E-state index contributed by atoms with van der Waals surface area (Å²) in [6.45, 7) is 1.78. The number of halogens is 3. The maximum absolute atomic E-state index is 13.7. The Balaban J connectivity index is 2.47. The molecule has 0 saturated heterocycles. The molecule has 2 aromatic carbocycles. The van der Waals surface area contributed by atoms with Crippen LogP contribution in [0.25, 0.3) is 0 Å². The fourth-order valence-corrected chi connectivity index (χ4v) is 3.69.